The van der Waals surface area contributed by atoms with Gasteiger partial charge in [0.15, 0.2) is 0 Å². The molecule has 0 radical (unpaired) electrons. The van der Waals surface area contributed by atoms with Crippen molar-refractivity contribution in [3.63, 3.8) is 0 Å². The third-order valence-corrected chi connectivity index (χ3v) is 5.19. The number of imidazole rings is 1. The summed E-state index contributed by atoms with van der Waals surface area (Å²) in [4.78, 5) is 16.5. The molecule has 0 saturated carbocycles. The number of hydrogen-bond donors (Lipinski definition) is 2. The van der Waals surface area contributed by atoms with Crippen LogP contribution in [0.4, 0.5) is 32.3 Å². The lowest BCUT2D eigenvalue weighted by Crippen LogP contribution is -2.49. The molecule has 1 aliphatic heterocycles. The highest BCUT2D eigenvalue weighted by Crippen LogP contribution is 2.48. The molecule has 1 atom stereocenters. The Hall–Kier alpha value is -2.98. The Balaban J connectivity index is 2.50. The number of benzene rings is 1. The molecule has 0 fully saturated rings. The second-order valence-electron chi connectivity index (χ2n) is 7.33. The van der Waals surface area contributed by atoms with Crippen molar-refractivity contribution in [3.05, 3.63) is 58.6 Å². The van der Waals surface area contributed by atoms with Crippen LogP contribution in [0.25, 0.3) is 0 Å². The Labute approximate surface area is 167 Å². The van der Waals surface area contributed by atoms with Gasteiger partial charge in [-0.2, -0.15) is 26.3 Å². The van der Waals surface area contributed by atoms with Crippen LogP contribution in [0.5, 0.6) is 0 Å². The van der Waals surface area contributed by atoms with E-state index in [0.29, 0.717) is 12.1 Å². The Morgan fingerprint density at radius 3 is 2.07 bits per heavy atom. The summed E-state index contributed by atoms with van der Waals surface area (Å²) in [5.74, 6) is -1.48. The largest absolute Gasteiger partial charge is 0.416 e. The highest BCUT2D eigenvalue weighted by atomic mass is 19.4. The minimum atomic E-state index is -5.04. The number of hydrogen-bond acceptors (Lipinski definition) is 3. The number of halogens is 6. The Kier molecular flexibility index (Phi) is 4.91. The van der Waals surface area contributed by atoms with Crippen molar-refractivity contribution in [1.82, 2.24) is 9.55 Å². The highest BCUT2D eigenvalue weighted by Gasteiger charge is 2.50. The normalized spacial score (nSPS) is 19.7. The average molecular weight is 432 g/mol. The van der Waals surface area contributed by atoms with Gasteiger partial charge in [0, 0.05) is 18.1 Å². The quantitative estimate of drug-likeness (QED) is 0.702. The molecule has 11 heteroatoms. The van der Waals surface area contributed by atoms with E-state index in [-0.39, 0.29) is 28.8 Å². The van der Waals surface area contributed by atoms with Crippen LogP contribution in [-0.2, 0) is 22.7 Å². The van der Waals surface area contributed by atoms with E-state index in [2.05, 4.69) is 10.3 Å². The maximum atomic E-state index is 13.5. The summed E-state index contributed by atoms with van der Waals surface area (Å²) in [5.41, 5.74) is 0.555. The monoisotopic (exact) mass is 432 g/mol. The van der Waals surface area contributed by atoms with Crippen LogP contribution in [0.15, 0.2) is 41.9 Å². The molecule has 0 aliphatic carbocycles. The number of alkyl halides is 6. The van der Waals surface area contributed by atoms with Crippen LogP contribution in [0.2, 0.25) is 0 Å². The molecule has 0 bridgehead atoms. The van der Waals surface area contributed by atoms with Crippen molar-refractivity contribution >= 4 is 11.9 Å². The van der Waals surface area contributed by atoms with Crippen molar-refractivity contribution in [2.45, 2.75) is 38.7 Å². The molecule has 162 valence electrons. The number of anilines is 1. The van der Waals surface area contributed by atoms with Gasteiger partial charge < -0.3 is 15.6 Å². The van der Waals surface area contributed by atoms with Gasteiger partial charge in [-0.25, -0.2) is 4.98 Å². The van der Waals surface area contributed by atoms with Crippen molar-refractivity contribution < 1.29 is 31.1 Å². The highest BCUT2D eigenvalue weighted by molar-refractivity contribution is 5.97. The summed E-state index contributed by atoms with van der Waals surface area (Å²) in [6.07, 6.45) is -7.37. The van der Waals surface area contributed by atoms with Crippen LogP contribution in [0.3, 0.4) is 0 Å². The summed E-state index contributed by atoms with van der Waals surface area (Å²) < 4.78 is 82.3. The van der Waals surface area contributed by atoms with Crippen LogP contribution >= 0.6 is 0 Å². The first-order valence-corrected chi connectivity index (χ1v) is 8.82. The summed E-state index contributed by atoms with van der Waals surface area (Å²) in [6, 6.07) is 1.30. The van der Waals surface area contributed by atoms with Crippen molar-refractivity contribution in [3.8, 4) is 0 Å². The maximum absolute atomic E-state index is 13.5. The zero-order valence-corrected chi connectivity index (χ0v) is 16.1. The van der Waals surface area contributed by atoms with Gasteiger partial charge in [0.05, 0.1) is 16.7 Å². The number of amides is 1. The fraction of sp³-hybridized carbons (Fsp3) is 0.368. The number of primary amides is 1. The summed E-state index contributed by atoms with van der Waals surface area (Å²) in [7, 11) is 0. The summed E-state index contributed by atoms with van der Waals surface area (Å²) in [5, 5.41) is 2.83. The SMILES string of the molecule is CC1=C(C(N)=O)C(c2cc(C(F)(F)F)cc(C(F)(F)F)c2)(C(C)C)n2ccnc2N1. The van der Waals surface area contributed by atoms with E-state index < -0.39 is 40.8 Å². The van der Waals surface area contributed by atoms with Gasteiger partial charge in [-0.3, -0.25) is 4.79 Å². The average Bonchev–Trinajstić information content (AvgIpc) is 3.06. The van der Waals surface area contributed by atoms with Crippen molar-refractivity contribution in [2.75, 3.05) is 5.32 Å². The molecule has 0 spiro atoms. The topological polar surface area (TPSA) is 72.9 Å². The number of aromatic nitrogens is 2. The molecule has 1 aromatic heterocycles. The number of nitrogens with one attached hydrogen (secondary N) is 1. The minimum Gasteiger partial charge on any atom is -0.366 e. The maximum Gasteiger partial charge on any atom is 0.416 e. The first-order chi connectivity index (χ1) is 13.7. The second-order valence-corrected chi connectivity index (χ2v) is 7.33. The molecule has 2 aromatic rings. The van der Waals surface area contributed by atoms with Gasteiger partial charge in [0.1, 0.15) is 5.54 Å². The molecule has 3 rings (SSSR count). The number of rotatable bonds is 3. The molecule has 30 heavy (non-hydrogen) atoms. The van der Waals surface area contributed by atoms with Gasteiger partial charge in [-0.15, -0.1) is 0 Å². The Bertz CT molecular complexity index is 1000. The lowest BCUT2D eigenvalue weighted by molar-refractivity contribution is -0.143. The van der Waals surface area contributed by atoms with Crippen LogP contribution in [0.1, 0.15) is 37.5 Å². The van der Waals surface area contributed by atoms with E-state index in [0.717, 1.165) is 0 Å². The zero-order chi connectivity index (χ0) is 22.6. The molecule has 1 aromatic carbocycles. The molecular weight excluding hydrogens is 414 g/mol. The molecule has 1 aliphatic rings. The number of nitrogens with zero attached hydrogens (tertiary/aromatic N) is 2. The first-order valence-electron chi connectivity index (χ1n) is 8.82. The van der Waals surface area contributed by atoms with Gasteiger partial charge in [-0.05, 0) is 36.6 Å². The summed E-state index contributed by atoms with van der Waals surface area (Å²) >= 11 is 0. The van der Waals surface area contributed by atoms with E-state index in [9.17, 15) is 31.1 Å². The third kappa shape index (κ3) is 3.21. The van der Waals surface area contributed by atoms with Gasteiger partial charge in [0.2, 0.25) is 11.9 Å². The van der Waals surface area contributed by atoms with Crippen molar-refractivity contribution in [1.29, 1.82) is 0 Å². The lowest BCUT2D eigenvalue weighted by atomic mass is 9.71. The second kappa shape index (κ2) is 6.78. The van der Waals surface area contributed by atoms with E-state index in [4.69, 9.17) is 5.73 Å². The molecule has 1 unspecified atom stereocenters. The number of carbonyl (C=O) groups is 1. The van der Waals surface area contributed by atoms with E-state index >= 15 is 0 Å². The van der Waals surface area contributed by atoms with Gasteiger partial charge in [-0.1, -0.05) is 13.8 Å². The zero-order valence-electron chi connectivity index (χ0n) is 16.1. The molecular formula is C19H18F6N4O. The van der Waals surface area contributed by atoms with E-state index in [1.807, 2.05) is 0 Å². The fourth-order valence-corrected chi connectivity index (χ4v) is 4.05. The molecule has 5 nitrogen and oxygen atoms in total. The van der Waals surface area contributed by atoms with Crippen molar-refractivity contribution in [2.24, 2.45) is 11.7 Å². The molecule has 1 amide bonds. The lowest BCUT2D eigenvalue weighted by Gasteiger charge is -2.45. The first kappa shape index (κ1) is 21.7. The van der Waals surface area contributed by atoms with Crippen LogP contribution in [0, 0.1) is 5.92 Å². The number of carbonyl (C=O) groups excluding carboxylic acids is 1. The number of allylic oxidation sites excluding steroid dienone is 1. The van der Waals surface area contributed by atoms with Crippen LogP contribution < -0.4 is 11.1 Å². The molecule has 2 heterocycles. The van der Waals surface area contributed by atoms with Crippen LogP contribution in [-0.4, -0.2) is 15.5 Å². The standard InChI is InChI=1S/C19H18F6N4O/c1-9(2)17(14(15(26)30)10(3)28-16-27-4-5-29(16)17)11-6-12(18(20,21)22)8-13(7-11)19(23,24)25/h4-9H,1-3H3,(H2,26,30)(H,27,28). The smallest absolute Gasteiger partial charge is 0.366 e. The summed E-state index contributed by atoms with van der Waals surface area (Å²) in [6.45, 7) is 4.63. The van der Waals surface area contributed by atoms with E-state index in [1.165, 1.54) is 23.9 Å². The Morgan fingerprint density at radius 2 is 1.63 bits per heavy atom. The minimum absolute atomic E-state index is 0.0495. The number of nitrogens with two attached hydrogens (primary N) is 1. The Morgan fingerprint density at radius 1 is 1.10 bits per heavy atom. The number of fused-ring (bicyclic) bond motifs is 1. The molecule has 0 saturated heterocycles. The predicted octanol–water partition coefficient (Wildman–Crippen LogP) is 4.51. The molecule has 3 N–H and O–H groups in total. The predicted molar refractivity (Wildman–Crippen MR) is 96.1 cm³/mol. The fourth-order valence-electron chi connectivity index (χ4n) is 4.05. The third-order valence-electron chi connectivity index (χ3n) is 5.19. The van der Waals surface area contributed by atoms with E-state index in [1.54, 1.807) is 13.8 Å². The van der Waals surface area contributed by atoms with Gasteiger partial charge in [0.25, 0.3) is 0 Å². The van der Waals surface area contributed by atoms with Gasteiger partial charge >= 0.3 is 12.4 Å².